The SMILES string of the molecule is CC[C@H](C)C[C@@H](ONC(=O)OCc1ccccc1)C(=O)O. The van der Waals surface area contributed by atoms with Gasteiger partial charge in [0.25, 0.3) is 0 Å². The third-order valence-electron chi connectivity index (χ3n) is 3.09. The maximum Gasteiger partial charge on any atom is 0.431 e. The van der Waals surface area contributed by atoms with Gasteiger partial charge in [-0.05, 0) is 17.9 Å². The number of carbonyl (C=O) groups excluding carboxylic acids is 1. The van der Waals surface area contributed by atoms with Gasteiger partial charge in [0.05, 0.1) is 0 Å². The monoisotopic (exact) mass is 295 g/mol. The van der Waals surface area contributed by atoms with E-state index in [9.17, 15) is 9.59 Å². The Morgan fingerprint density at radius 1 is 1.29 bits per heavy atom. The number of hydrogen-bond acceptors (Lipinski definition) is 4. The summed E-state index contributed by atoms with van der Waals surface area (Å²) in [5.74, 6) is -0.924. The molecule has 0 aliphatic carbocycles. The maximum absolute atomic E-state index is 11.4. The number of carbonyl (C=O) groups is 2. The summed E-state index contributed by atoms with van der Waals surface area (Å²) >= 11 is 0. The fourth-order valence-corrected chi connectivity index (χ4v) is 1.60. The molecule has 6 heteroatoms. The van der Waals surface area contributed by atoms with Gasteiger partial charge in [0.2, 0.25) is 0 Å². The molecule has 0 spiro atoms. The number of benzene rings is 1. The molecule has 116 valence electrons. The first kappa shape index (κ1) is 17.0. The van der Waals surface area contributed by atoms with Crippen LogP contribution in [-0.4, -0.2) is 23.3 Å². The molecule has 2 atom stereocenters. The van der Waals surface area contributed by atoms with E-state index in [4.69, 9.17) is 14.7 Å². The number of rotatable bonds is 8. The van der Waals surface area contributed by atoms with Crippen molar-refractivity contribution in [2.24, 2.45) is 5.92 Å². The normalized spacial score (nSPS) is 13.2. The van der Waals surface area contributed by atoms with Gasteiger partial charge in [0.1, 0.15) is 6.61 Å². The van der Waals surface area contributed by atoms with Gasteiger partial charge >= 0.3 is 12.1 Å². The quantitative estimate of drug-likeness (QED) is 0.720. The fraction of sp³-hybridized carbons (Fsp3) is 0.467. The minimum Gasteiger partial charge on any atom is -0.479 e. The average Bonchev–Trinajstić information content (AvgIpc) is 2.49. The van der Waals surface area contributed by atoms with Gasteiger partial charge in [-0.3, -0.25) is 4.84 Å². The van der Waals surface area contributed by atoms with Crippen LogP contribution in [0, 0.1) is 5.92 Å². The highest BCUT2D eigenvalue weighted by molar-refractivity contribution is 5.73. The second-order valence-corrected chi connectivity index (χ2v) is 4.86. The van der Waals surface area contributed by atoms with Crippen LogP contribution in [0.5, 0.6) is 0 Å². The number of carboxylic acids is 1. The molecule has 1 amide bonds. The molecule has 1 aromatic carbocycles. The van der Waals surface area contributed by atoms with Gasteiger partial charge in [0, 0.05) is 0 Å². The van der Waals surface area contributed by atoms with Gasteiger partial charge < -0.3 is 9.84 Å². The van der Waals surface area contributed by atoms with Crippen molar-refractivity contribution in [1.82, 2.24) is 5.48 Å². The Morgan fingerprint density at radius 2 is 1.95 bits per heavy atom. The smallest absolute Gasteiger partial charge is 0.431 e. The van der Waals surface area contributed by atoms with Crippen molar-refractivity contribution in [3.8, 4) is 0 Å². The number of carboxylic acid groups (broad SMARTS) is 1. The summed E-state index contributed by atoms with van der Waals surface area (Å²) in [4.78, 5) is 27.4. The zero-order valence-corrected chi connectivity index (χ0v) is 12.2. The summed E-state index contributed by atoms with van der Waals surface area (Å²) < 4.78 is 4.92. The van der Waals surface area contributed by atoms with E-state index >= 15 is 0 Å². The molecule has 0 heterocycles. The van der Waals surface area contributed by atoms with Crippen LogP contribution in [-0.2, 0) is 21.0 Å². The number of amides is 1. The van der Waals surface area contributed by atoms with Gasteiger partial charge in [-0.2, -0.15) is 5.48 Å². The Kier molecular flexibility index (Phi) is 7.25. The summed E-state index contributed by atoms with van der Waals surface area (Å²) in [6.45, 7) is 3.98. The first-order chi connectivity index (χ1) is 10.0. The second kappa shape index (κ2) is 8.97. The summed E-state index contributed by atoms with van der Waals surface area (Å²) in [6, 6.07) is 9.16. The molecule has 0 unspecified atom stereocenters. The number of aliphatic carboxylic acids is 1. The second-order valence-electron chi connectivity index (χ2n) is 4.86. The van der Waals surface area contributed by atoms with Crippen LogP contribution in [0.2, 0.25) is 0 Å². The van der Waals surface area contributed by atoms with E-state index in [-0.39, 0.29) is 12.5 Å². The minimum absolute atomic E-state index is 0.0964. The maximum atomic E-state index is 11.4. The van der Waals surface area contributed by atoms with E-state index in [1.807, 2.05) is 49.7 Å². The van der Waals surface area contributed by atoms with Crippen molar-refractivity contribution in [3.05, 3.63) is 35.9 Å². The Hall–Kier alpha value is -2.08. The summed E-state index contributed by atoms with van der Waals surface area (Å²) in [7, 11) is 0. The van der Waals surface area contributed by atoms with Crippen LogP contribution in [0.3, 0.4) is 0 Å². The number of ether oxygens (including phenoxy) is 1. The average molecular weight is 295 g/mol. The molecule has 0 aromatic heterocycles. The van der Waals surface area contributed by atoms with Crippen LogP contribution in [0.4, 0.5) is 4.79 Å². The summed E-state index contributed by atoms with van der Waals surface area (Å²) in [5.41, 5.74) is 2.86. The highest BCUT2D eigenvalue weighted by Crippen LogP contribution is 2.12. The Labute approximate surface area is 124 Å². The lowest BCUT2D eigenvalue weighted by Gasteiger charge is -2.16. The Balaban J connectivity index is 2.34. The topological polar surface area (TPSA) is 84.9 Å². The highest BCUT2D eigenvalue weighted by Gasteiger charge is 2.22. The van der Waals surface area contributed by atoms with Gasteiger partial charge in [-0.25, -0.2) is 9.59 Å². The molecule has 0 aliphatic rings. The van der Waals surface area contributed by atoms with E-state index < -0.39 is 18.2 Å². The molecule has 1 rings (SSSR count). The predicted octanol–water partition coefficient (Wildman–Crippen LogP) is 2.73. The van der Waals surface area contributed by atoms with Crippen LogP contribution in [0.15, 0.2) is 30.3 Å². The molecule has 6 nitrogen and oxygen atoms in total. The summed E-state index contributed by atoms with van der Waals surface area (Å²) in [6.07, 6.45) is -0.727. The highest BCUT2D eigenvalue weighted by atomic mass is 16.7. The van der Waals surface area contributed by atoms with Crippen molar-refractivity contribution < 1.29 is 24.3 Å². The first-order valence-electron chi connectivity index (χ1n) is 6.88. The van der Waals surface area contributed by atoms with E-state index in [0.29, 0.717) is 6.42 Å². The number of hydrogen-bond donors (Lipinski definition) is 2. The zero-order valence-electron chi connectivity index (χ0n) is 12.2. The number of nitrogens with one attached hydrogen (secondary N) is 1. The third kappa shape index (κ3) is 6.76. The minimum atomic E-state index is -1.11. The zero-order chi connectivity index (χ0) is 15.7. The van der Waals surface area contributed by atoms with Crippen molar-refractivity contribution in [3.63, 3.8) is 0 Å². The molecular formula is C15H21NO5. The molecule has 0 saturated heterocycles. The van der Waals surface area contributed by atoms with Gasteiger partial charge in [0.15, 0.2) is 6.10 Å². The van der Waals surface area contributed by atoms with Crippen LogP contribution >= 0.6 is 0 Å². The number of hydroxylamine groups is 1. The van der Waals surface area contributed by atoms with Gasteiger partial charge in [-0.1, -0.05) is 50.6 Å². The molecule has 21 heavy (non-hydrogen) atoms. The Bertz CT molecular complexity index is 449. The first-order valence-corrected chi connectivity index (χ1v) is 6.88. The van der Waals surface area contributed by atoms with Crippen molar-refractivity contribution in [1.29, 1.82) is 0 Å². The Morgan fingerprint density at radius 3 is 2.52 bits per heavy atom. The lowest BCUT2D eigenvalue weighted by atomic mass is 10.0. The molecule has 0 radical (unpaired) electrons. The van der Waals surface area contributed by atoms with E-state index in [1.54, 1.807) is 0 Å². The lowest BCUT2D eigenvalue weighted by Crippen LogP contribution is -2.35. The molecular weight excluding hydrogens is 274 g/mol. The van der Waals surface area contributed by atoms with Crippen molar-refractivity contribution in [2.75, 3.05) is 0 Å². The van der Waals surface area contributed by atoms with Crippen molar-refractivity contribution >= 4 is 12.1 Å². The molecule has 0 saturated carbocycles. The van der Waals surface area contributed by atoms with E-state index in [2.05, 4.69) is 0 Å². The predicted molar refractivity (Wildman–Crippen MR) is 76.3 cm³/mol. The van der Waals surface area contributed by atoms with Gasteiger partial charge in [-0.15, -0.1) is 0 Å². The van der Waals surface area contributed by atoms with Crippen molar-refractivity contribution in [2.45, 2.75) is 39.4 Å². The van der Waals surface area contributed by atoms with E-state index in [1.165, 1.54) is 0 Å². The third-order valence-corrected chi connectivity index (χ3v) is 3.09. The lowest BCUT2D eigenvalue weighted by molar-refractivity contribution is -0.156. The van der Waals surface area contributed by atoms with Crippen LogP contribution in [0.25, 0.3) is 0 Å². The fourth-order valence-electron chi connectivity index (χ4n) is 1.60. The molecule has 1 aromatic rings. The largest absolute Gasteiger partial charge is 0.479 e. The standard InChI is InChI=1S/C15H21NO5/c1-3-11(2)9-13(14(17)18)21-16-15(19)20-10-12-7-5-4-6-8-12/h4-8,11,13H,3,9-10H2,1-2H3,(H,16,19)(H,17,18)/t11-,13+/m0/s1. The molecule has 0 fully saturated rings. The molecule has 0 bridgehead atoms. The van der Waals surface area contributed by atoms with E-state index in [0.717, 1.165) is 12.0 Å². The van der Waals surface area contributed by atoms with Crippen LogP contribution < -0.4 is 5.48 Å². The molecule has 2 N–H and O–H groups in total. The molecule has 0 aliphatic heterocycles. The summed E-state index contributed by atoms with van der Waals surface area (Å²) in [5, 5.41) is 9.02. The van der Waals surface area contributed by atoms with Crippen LogP contribution in [0.1, 0.15) is 32.3 Å².